The Morgan fingerprint density at radius 2 is 2.00 bits per heavy atom. The summed E-state index contributed by atoms with van der Waals surface area (Å²) >= 11 is 5.95. The molecule has 20 heavy (non-hydrogen) atoms. The smallest absolute Gasteiger partial charge is 0.0406 e. The number of hydrogen-bond acceptors (Lipinski definition) is 2. The van der Waals surface area contributed by atoms with E-state index < -0.39 is 0 Å². The molecule has 0 aliphatic heterocycles. The summed E-state index contributed by atoms with van der Waals surface area (Å²) < 4.78 is 0. The third-order valence-corrected chi connectivity index (χ3v) is 4.73. The van der Waals surface area contributed by atoms with E-state index in [1.165, 1.54) is 24.8 Å². The lowest BCUT2D eigenvalue weighted by molar-refractivity contribution is 0.293. The van der Waals surface area contributed by atoms with Crippen LogP contribution in [0.2, 0.25) is 5.02 Å². The Kier molecular flexibility index (Phi) is 4.78. The third-order valence-electron chi connectivity index (χ3n) is 4.48. The highest BCUT2D eigenvalue weighted by Gasteiger charge is 2.34. The van der Waals surface area contributed by atoms with Crippen LogP contribution in [0, 0.1) is 5.41 Å². The largest absolute Gasteiger partial charge is 0.329 e. The van der Waals surface area contributed by atoms with E-state index in [-0.39, 0.29) is 5.54 Å². The van der Waals surface area contributed by atoms with E-state index in [9.17, 15) is 0 Å². The van der Waals surface area contributed by atoms with E-state index in [1.54, 1.807) is 0 Å². The van der Waals surface area contributed by atoms with Gasteiger partial charge in [0.2, 0.25) is 0 Å². The van der Waals surface area contributed by atoms with Crippen LogP contribution in [-0.4, -0.2) is 18.1 Å². The Balaban J connectivity index is 2.00. The number of nitrogens with one attached hydrogen (secondary N) is 1. The fourth-order valence-corrected chi connectivity index (χ4v) is 3.41. The summed E-state index contributed by atoms with van der Waals surface area (Å²) in [4.78, 5) is 0. The van der Waals surface area contributed by atoms with Gasteiger partial charge < -0.3 is 11.1 Å². The average molecular weight is 295 g/mol. The van der Waals surface area contributed by atoms with Crippen LogP contribution in [0.3, 0.4) is 0 Å². The first kappa shape index (κ1) is 15.8. The van der Waals surface area contributed by atoms with Gasteiger partial charge in [-0.3, -0.25) is 0 Å². The van der Waals surface area contributed by atoms with E-state index in [1.807, 2.05) is 12.1 Å². The van der Waals surface area contributed by atoms with Crippen LogP contribution in [0.4, 0.5) is 0 Å². The van der Waals surface area contributed by atoms with Crippen molar-refractivity contribution in [2.45, 2.75) is 58.0 Å². The average Bonchev–Trinajstić information content (AvgIpc) is 2.71. The van der Waals surface area contributed by atoms with Crippen LogP contribution in [0.5, 0.6) is 0 Å². The van der Waals surface area contributed by atoms with Crippen molar-refractivity contribution in [1.29, 1.82) is 0 Å². The van der Waals surface area contributed by atoms with Crippen molar-refractivity contribution in [3.05, 3.63) is 34.9 Å². The van der Waals surface area contributed by atoms with Crippen molar-refractivity contribution in [3.8, 4) is 0 Å². The maximum absolute atomic E-state index is 6.04. The van der Waals surface area contributed by atoms with E-state index in [2.05, 4.69) is 38.2 Å². The molecule has 0 saturated heterocycles. The van der Waals surface area contributed by atoms with Gasteiger partial charge in [-0.15, -0.1) is 0 Å². The van der Waals surface area contributed by atoms with E-state index >= 15 is 0 Å². The van der Waals surface area contributed by atoms with Gasteiger partial charge in [0.1, 0.15) is 0 Å². The standard InChI is InChI=1S/C17H27ClN2/c1-16(2)9-8-15(11-16)20-17(3,12-19)10-13-4-6-14(18)7-5-13/h4-7,15,20H,8-12,19H2,1-3H3. The van der Waals surface area contributed by atoms with Gasteiger partial charge in [-0.05, 0) is 55.7 Å². The molecule has 1 aromatic rings. The highest BCUT2D eigenvalue weighted by atomic mass is 35.5. The van der Waals surface area contributed by atoms with Crippen LogP contribution in [0.25, 0.3) is 0 Å². The Labute approximate surface area is 128 Å². The van der Waals surface area contributed by atoms with E-state index in [0.717, 1.165) is 11.4 Å². The minimum absolute atomic E-state index is 0.0427. The summed E-state index contributed by atoms with van der Waals surface area (Å²) in [5.41, 5.74) is 7.75. The SMILES string of the molecule is CC1(C)CCC(NC(C)(CN)Cc2ccc(Cl)cc2)C1. The number of benzene rings is 1. The quantitative estimate of drug-likeness (QED) is 0.867. The molecular weight excluding hydrogens is 268 g/mol. The molecule has 0 aromatic heterocycles. The molecule has 1 fully saturated rings. The maximum atomic E-state index is 6.04. The first-order valence-corrected chi connectivity index (χ1v) is 7.92. The van der Waals surface area contributed by atoms with Crippen molar-refractivity contribution in [2.24, 2.45) is 11.1 Å². The minimum Gasteiger partial charge on any atom is -0.329 e. The van der Waals surface area contributed by atoms with E-state index in [0.29, 0.717) is 18.0 Å². The summed E-state index contributed by atoms with van der Waals surface area (Å²) in [6.07, 6.45) is 4.73. The van der Waals surface area contributed by atoms with Crippen LogP contribution >= 0.6 is 11.6 Å². The predicted octanol–water partition coefficient (Wildman–Crippen LogP) is 3.77. The van der Waals surface area contributed by atoms with E-state index in [4.69, 9.17) is 17.3 Å². The second-order valence-electron chi connectivity index (χ2n) is 7.32. The fraction of sp³-hybridized carbons (Fsp3) is 0.647. The molecule has 0 spiro atoms. The zero-order valence-corrected chi connectivity index (χ0v) is 13.6. The van der Waals surface area contributed by atoms with Crippen LogP contribution in [0.1, 0.15) is 45.6 Å². The first-order valence-electron chi connectivity index (χ1n) is 7.54. The normalized spacial score (nSPS) is 24.6. The monoisotopic (exact) mass is 294 g/mol. The van der Waals surface area contributed by atoms with Crippen molar-refractivity contribution >= 4 is 11.6 Å². The zero-order valence-electron chi connectivity index (χ0n) is 12.9. The third kappa shape index (κ3) is 4.21. The number of halogens is 1. The summed E-state index contributed by atoms with van der Waals surface area (Å²) in [6, 6.07) is 8.68. The lowest BCUT2D eigenvalue weighted by Gasteiger charge is -2.33. The van der Waals surface area contributed by atoms with Crippen molar-refractivity contribution < 1.29 is 0 Å². The maximum Gasteiger partial charge on any atom is 0.0406 e. The molecule has 3 heteroatoms. The predicted molar refractivity (Wildman–Crippen MR) is 87.2 cm³/mol. The molecule has 0 heterocycles. The number of nitrogens with two attached hydrogens (primary N) is 1. The Hall–Kier alpha value is -0.570. The molecule has 0 radical (unpaired) electrons. The topological polar surface area (TPSA) is 38.0 Å². The highest BCUT2D eigenvalue weighted by molar-refractivity contribution is 6.30. The molecule has 1 aliphatic rings. The lowest BCUT2D eigenvalue weighted by Crippen LogP contribution is -2.54. The van der Waals surface area contributed by atoms with Gasteiger partial charge >= 0.3 is 0 Å². The Morgan fingerprint density at radius 1 is 1.35 bits per heavy atom. The van der Waals surface area contributed by atoms with Crippen molar-refractivity contribution in [3.63, 3.8) is 0 Å². The number of rotatable bonds is 5. The zero-order chi connectivity index (χ0) is 14.8. The number of hydrogen-bond donors (Lipinski definition) is 2. The van der Waals surface area contributed by atoms with Gasteiger partial charge in [0, 0.05) is 23.1 Å². The van der Waals surface area contributed by atoms with Gasteiger partial charge in [-0.25, -0.2) is 0 Å². The summed E-state index contributed by atoms with van der Waals surface area (Å²) in [5.74, 6) is 0. The summed E-state index contributed by atoms with van der Waals surface area (Å²) in [6.45, 7) is 7.58. The molecule has 2 unspecified atom stereocenters. The van der Waals surface area contributed by atoms with Crippen LogP contribution in [-0.2, 0) is 6.42 Å². The summed E-state index contributed by atoms with van der Waals surface area (Å²) in [5, 5.41) is 4.59. The van der Waals surface area contributed by atoms with Gasteiger partial charge in [0.15, 0.2) is 0 Å². The molecule has 2 nitrogen and oxygen atoms in total. The van der Waals surface area contributed by atoms with Crippen LogP contribution in [0.15, 0.2) is 24.3 Å². The van der Waals surface area contributed by atoms with Gasteiger partial charge in [-0.2, -0.15) is 0 Å². The Bertz CT molecular complexity index is 441. The van der Waals surface area contributed by atoms with Crippen molar-refractivity contribution in [2.75, 3.05) is 6.54 Å². The second kappa shape index (κ2) is 6.05. The molecule has 112 valence electrons. The molecule has 1 aliphatic carbocycles. The molecule has 3 N–H and O–H groups in total. The molecule has 2 atom stereocenters. The molecule has 2 rings (SSSR count). The molecule has 1 aromatic carbocycles. The van der Waals surface area contributed by atoms with Gasteiger partial charge in [0.05, 0.1) is 0 Å². The first-order chi connectivity index (χ1) is 9.32. The van der Waals surface area contributed by atoms with Crippen LogP contribution < -0.4 is 11.1 Å². The van der Waals surface area contributed by atoms with Gasteiger partial charge in [0.25, 0.3) is 0 Å². The van der Waals surface area contributed by atoms with Crippen molar-refractivity contribution in [1.82, 2.24) is 5.32 Å². The molecular formula is C17H27ClN2. The fourth-order valence-electron chi connectivity index (χ4n) is 3.29. The lowest BCUT2D eigenvalue weighted by atomic mass is 9.89. The Morgan fingerprint density at radius 3 is 2.50 bits per heavy atom. The second-order valence-corrected chi connectivity index (χ2v) is 7.75. The molecule has 1 saturated carbocycles. The molecule has 0 bridgehead atoms. The molecule has 0 amide bonds. The summed E-state index contributed by atoms with van der Waals surface area (Å²) in [7, 11) is 0. The minimum atomic E-state index is -0.0427. The highest BCUT2D eigenvalue weighted by Crippen LogP contribution is 2.37. The van der Waals surface area contributed by atoms with Gasteiger partial charge in [-0.1, -0.05) is 37.6 Å².